The number of hydrogen-bond acceptors (Lipinski definition) is 5. The Morgan fingerprint density at radius 1 is 1.26 bits per heavy atom. The fourth-order valence-corrected chi connectivity index (χ4v) is 4.07. The predicted molar refractivity (Wildman–Crippen MR) is 89.5 cm³/mol. The monoisotopic (exact) mass is 315 g/mol. The van der Waals surface area contributed by atoms with Gasteiger partial charge in [0.15, 0.2) is 5.65 Å². The summed E-state index contributed by atoms with van der Waals surface area (Å²) in [4.78, 5) is 8.73. The van der Waals surface area contributed by atoms with Crippen molar-refractivity contribution in [2.45, 2.75) is 69.9 Å². The quantitative estimate of drug-likeness (QED) is 0.909. The predicted octanol–water partition coefficient (Wildman–Crippen LogP) is 3.21. The highest BCUT2D eigenvalue weighted by molar-refractivity contribution is 5.88. The molecule has 4 rings (SSSR count). The Bertz CT molecular complexity index is 667. The van der Waals surface area contributed by atoms with Crippen molar-refractivity contribution in [1.82, 2.24) is 20.2 Å². The number of aromatic amines is 1. The van der Waals surface area contributed by atoms with Crippen molar-refractivity contribution >= 4 is 16.9 Å². The van der Waals surface area contributed by atoms with Gasteiger partial charge in [-0.05, 0) is 51.4 Å². The van der Waals surface area contributed by atoms with Gasteiger partial charge in [0, 0.05) is 18.3 Å². The zero-order valence-electron chi connectivity index (χ0n) is 13.8. The Labute approximate surface area is 136 Å². The van der Waals surface area contributed by atoms with Crippen molar-refractivity contribution in [1.29, 1.82) is 0 Å². The van der Waals surface area contributed by atoms with E-state index in [1.165, 1.54) is 19.3 Å². The molecular formula is C17H25N5O. The van der Waals surface area contributed by atoms with Gasteiger partial charge in [0.2, 0.25) is 0 Å². The number of H-pyrrole nitrogens is 1. The average Bonchev–Trinajstić information content (AvgIpc) is 3.02. The first kappa shape index (κ1) is 14.9. The summed E-state index contributed by atoms with van der Waals surface area (Å²) in [6, 6.07) is 0.462. The van der Waals surface area contributed by atoms with Gasteiger partial charge in [-0.3, -0.25) is 5.10 Å². The summed E-state index contributed by atoms with van der Waals surface area (Å²) in [5, 5.41) is 12.0. The van der Waals surface area contributed by atoms with Crippen LogP contribution in [0, 0.1) is 0 Å². The molecule has 1 aliphatic carbocycles. The van der Waals surface area contributed by atoms with Gasteiger partial charge in [-0.1, -0.05) is 6.92 Å². The Hall–Kier alpha value is -1.69. The van der Waals surface area contributed by atoms with Crippen LogP contribution in [0.5, 0.6) is 0 Å². The maximum atomic E-state index is 6.13. The zero-order chi connectivity index (χ0) is 15.7. The number of ether oxygens (including phenoxy) is 1. The first-order valence-corrected chi connectivity index (χ1v) is 8.88. The van der Waals surface area contributed by atoms with E-state index in [0.29, 0.717) is 6.04 Å². The van der Waals surface area contributed by atoms with E-state index in [1.54, 1.807) is 6.33 Å². The van der Waals surface area contributed by atoms with E-state index in [9.17, 15) is 0 Å². The van der Waals surface area contributed by atoms with Gasteiger partial charge < -0.3 is 10.1 Å². The summed E-state index contributed by atoms with van der Waals surface area (Å²) in [6.45, 7) is 3.06. The number of rotatable bonds is 3. The first-order valence-electron chi connectivity index (χ1n) is 8.88. The normalized spacial score (nSPS) is 28.3. The lowest BCUT2D eigenvalue weighted by molar-refractivity contribution is -0.101. The molecular weight excluding hydrogens is 290 g/mol. The van der Waals surface area contributed by atoms with Gasteiger partial charge in [-0.2, -0.15) is 5.10 Å². The van der Waals surface area contributed by atoms with Crippen LogP contribution in [0.25, 0.3) is 11.0 Å². The highest BCUT2D eigenvalue weighted by atomic mass is 16.5. The number of aryl methyl sites for hydroxylation is 1. The van der Waals surface area contributed by atoms with Gasteiger partial charge in [-0.25, -0.2) is 9.97 Å². The molecule has 2 aliphatic rings. The van der Waals surface area contributed by atoms with Crippen molar-refractivity contribution in [2.75, 3.05) is 11.9 Å². The maximum absolute atomic E-state index is 6.13. The molecule has 3 heterocycles. The maximum Gasteiger partial charge on any atom is 0.186 e. The molecule has 1 saturated heterocycles. The molecule has 0 aromatic carbocycles. The van der Waals surface area contributed by atoms with Crippen molar-refractivity contribution in [3.05, 3.63) is 12.0 Å². The van der Waals surface area contributed by atoms with Crippen LogP contribution in [0.1, 0.15) is 57.6 Å². The second-order valence-electron chi connectivity index (χ2n) is 6.88. The minimum absolute atomic E-state index is 0.168. The SMILES string of the molecule is CCc1[nH]nc2ncnc(NC3CCC4(CCCCO4)CC3)c12. The van der Waals surface area contributed by atoms with Crippen molar-refractivity contribution in [2.24, 2.45) is 0 Å². The minimum Gasteiger partial charge on any atom is -0.375 e. The van der Waals surface area contributed by atoms with Gasteiger partial charge in [0.05, 0.1) is 11.0 Å². The third-order valence-corrected chi connectivity index (χ3v) is 5.45. The third kappa shape index (κ3) is 2.80. The second-order valence-corrected chi connectivity index (χ2v) is 6.88. The summed E-state index contributed by atoms with van der Waals surface area (Å²) in [5.41, 5.74) is 2.02. The van der Waals surface area contributed by atoms with Crippen LogP contribution in [0.4, 0.5) is 5.82 Å². The van der Waals surface area contributed by atoms with Crippen molar-refractivity contribution < 1.29 is 4.74 Å². The van der Waals surface area contributed by atoms with E-state index in [4.69, 9.17) is 4.74 Å². The third-order valence-electron chi connectivity index (χ3n) is 5.45. The topological polar surface area (TPSA) is 75.7 Å². The number of fused-ring (bicyclic) bond motifs is 1. The highest BCUT2D eigenvalue weighted by Crippen LogP contribution is 2.39. The van der Waals surface area contributed by atoms with Gasteiger partial charge in [0.1, 0.15) is 12.1 Å². The standard InChI is InChI=1S/C17H25N5O/c1-2-13-14-15(18-11-19-16(14)22-21-13)20-12-5-8-17(9-6-12)7-3-4-10-23-17/h11-12H,2-10H2,1H3,(H2,18,19,20,21,22). The van der Waals surface area contributed by atoms with Crippen LogP contribution in [0.2, 0.25) is 0 Å². The van der Waals surface area contributed by atoms with E-state index in [-0.39, 0.29) is 5.60 Å². The van der Waals surface area contributed by atoms with E-state index in [2.05, 4.69) is 32.4 Å². The molecule has 6 nitrogen and oxygen atoms in total. The molecule has 0 unspecified atom stereocenters. The number of aromatic nitrogens is 4. The molecule has 124 valence electrons. The summed E-state index contributed by atoms with van der Waals surface area (Å²) in [5.74, 6) is 0.922. The minimum atomic E-state index is 0.168. The summed E-state index contributed by atoms with van der Waals surface area (Å²) < 4.78 is 6.13. The Balaban J connectivity index is 1.48. The van der Waals surface area contributed by atoms with Crippen LogP contribution >= 0.6 is 0 Å². The molecule has 0 bridgehead atoms. The smallest absolute Gasteiger partial charge is 0.186 e. The molecule has 2 N–H and O–H groups in total. The van der Waals surface area contributed by atoms with Crippen LogP contribution in [0.15, 0.2) is 6.33 Å². The largest absolute Gasteiger partial charge is 0.375 e. The molecule has 1 spiro atoms. The van der Waals surface area contributed by atoms with E-state index in [1.807, 2.05) is 0 Å². The number of nitrogens with zero attached hydrogens (tertiary/aromatic N) is 3. The molecule has 0 atom stereocenters. The number of anilines is 1. The molecule has 2 aromatic heterocycles. The van der Waals surface area contributed by atoms with E-state index in [0.717, 1.165) is 61.3 Å². The average molecular weight is 315 g/mol. The Morgan fingerprint density at radius 3 is 2.87 bits per heavy atom. The van der Waals surface area contributed by atoms with Crippen LogP contribution in [-0.4, -0.2) is 38.4 Å². The van der Waals surface area contributed by atoms with Crippen molar-refractivity contribution in [3.63, 3.8) is 0 Å². The van der Waals surface area contributed by atoms with Crippen molar-refractivity contribution in [3.8, 4) is 0 Å². The summed E-state index contributed by atoms with van der Waals surface area (Å²) >= 11 is 0. The highest BCUT2D eigenvalue weighted by Gasteiger charge is 2.37. The lowest BCUT2D eigenvalue weighted by Crippen LogP contribution is -2.42. The van der Waals surface area contributed by atoms with Gasteiger partial charge >= 0.3 is 0 Å². The lowest BCUT2D eigenvalue weighted by Gasteiger charge is -2.42. The molecule has 1 aliphatic heterocycles. The lowest BCUT2D eigenvalue weighted by atomic mass is 9.78. The summed E-state index contributed by atoms with van der Waals surface area (Å²) in [7, 11) is 0. The molecule has 2 aromatic rings. The fraction of sp³-hybridized carbons (Fsp3) is 0.706. The summed E-state index contributed by atoms with van der Waals surface area (Å²) in [6.07, 6.45) is 10.9. The molecule has 0 radical (unpaired) electrons. The van der Waals surface area contributed by atoms with Gasteiger partial charge in [-0.15, -0.1) is 0 Å². The van der Waals surface area contributed by atoms with Crippen LogP contribution in [0.3, 0.4) is 0 Å². The number of nitrogens with one attached hydrogen (secondary N) is 2. The van der Waals surface area contributed by atoms with E-state index >= 15 is 0 Å². The van der Waals surface area contributed by atoms with Crippen LogP contribution in [-0.2, 0) is 11.2 Å². The molecule has 1 saturated carbocycles. The first-order chi connectivity index (χ1) is 11.3. The molecule has 23 heavy (non-hydrogen) atoms. The number of hydrogen-bond donors (Lipinski definition) is 2. The van der Waals surface area contributed by atoms with E-state index < -0.39 is 0 Å². The second kappa shape index (κ2) is 6.07. The Morgan fingerprint density at radius 2 is 2.13 bits per heavy atom. The zero-order valence-corrected chi connectivity index (χ0v) is 13.8. The molecule has 2 fully saturated rings. The Kier molecular flexibility index (Phi) is 3.93. The molecule has 0 amide bonds. The van der Waals surface area contributed by atoms with Gasteiger partial charge in [0.25, 0.3) is 0 Å². The molecule has 6 heteroatoms. The fourth-order valence-electron chi connectivity index (χ4n) is 4.07. The van der Waals surface area contributed by atoms with Crippen LogP contribution < -0.4 is 5.32 Å².